The first-order chi connectivity index (χ1) is 6.56. The van der Waals surface area contributed by atoms with E-state index < -0.39 is 12.1 Å². The van der Waals surface area contributed by atoms with Crippen LogP contribution in [0.25, 0.3) is 0 Å². The molecule has 1 saturated carbocycles. The molecule has 0 amide bonds. The highest BCUT2D eigenvalue weighted by atomic mass is 16.5. The molecule has 14 heavy (non-hydrogen) atoms. The van der Waals surface area contributed by atoms with E-state index in [4.69, 9.17) is 4.74 Å². The van der Waals surface area contributed by atoms with Crippen LogP contribution in [-0.2, 0) is 9.53 Å². The molecule has 1 aliphatic rings. The Morgan fingerprint density at radius 1 is 1.43 bits per heavy atom. The minimum absolute atomic E-state index is 0.126. The number of aliphatic hydroxyl groups excluding tert-OH is 1. The van der Waals surface area contributed by atoms with Crippen LogP contribution in [0.15, 0.2) is 0 Å². The van der Waals surface area contributed by atoms with Gasteiger partial charge in [-0.2, -0.15) is 0 Å². The molecule has 0 aliphatic heterocycles. The Labute approximate surface area is 85.5 Å². The highest BCUT2D eigenvalue weighted by Gasteiger charge is 2.39. The van der Waals surface area contributed by atoms with Crippen molar-refractivity contribution in [3.05, 3.63) is 0 Å². The maximum absolute atomic E-state index is 11.2. The largest absolute Gasteiger partial charge is 0.464 e. The van der Waals surface area contributed by atoms with Gasteiger partial charge in [-0.25, -0.2) is 4.79 Å². The number of ether oxygens (including phenoxy) is 1. The Balaban J connectivity index is 2.28. The summed E-state index contributed by atoms with van der Waals surface area (Å²) >= 11 is 0. The molecule has 3 nitrogen and oxygen atoms in total. The number of carbonyl (C=O) groups is 1. The normalized spacial score (nSPS) is 28.4. The number of hydrogen-bond donors (Lipinski definition) is 1. The van der Waals surface area contributed by atoms with Crippen molar-refractivity contribution in [1.82, 2.24) is 0 Å². The number of rotatable bonds is 4. The van der Waals surface area contributed by atoms with E-state index in [1.165, 1.54) is 0 Å². The van der Waals surface area contributed by atoms with Gasteiger partial charge in [0, 0.05) is 0 Å². The number of aliphatic hydroxyl groups is 1. The molecule has 0 heterocycles. The molecule has 0 spiro atoms. The molecule has 1 fully saturated rings. The minimum atomic E-state index is -0.898. The molecule has 0 aromatic carbocycles. The third-order valence-electron chi connectivity index (χ3n) is 3.13. The summed E-state index contributed by atoms with van der Waals surface area (Å²) in [6.45, 7) is 6.45. The van der Waals surface area contributed by atoms with Gasteiger partial charge in [0.25, 0.3) is 0 Å². The molecular weight excluding hydrogens is 180 g/mol. The predicted octanol–water partition coefficient (Wildman–Crippen LogP) is 1.59. The zero-order valence-corrected chi connectivity index (χ0v) is 9.19. The Morgan fingerprint density at radius 2 is 2.00 bits per heavy atom. The molecule has 1 aliphatic carbocycles. The topological polar surface area (TPSA) is 46.5 Å². The second-order valence-electron chi connectivity index (χ2n) is 4.43. The van der Waals surface area contributed by atoms with Gasteiger partial charge in [0.2, 0.25) is 0 Å². The zero-order valence-electron chi connectivity index (χ0n) is 9.19. The minimum Gasteiger partial charge on any atom is -0.464 e. The third-order valence-corrected chi connectivity index (χ3v) is 3.13. The molecule has 0 aromatic rings. The molecule has 0 aromatic heterocycles. The van der Waals surface area contributed by atoms with Crippen LogP contribution in [0, 0.1) is 17.8 Å². The molecular formula is C11H20O3. The van der Waals surface area contributed by atoms with Crippen molar-refractivity contribution in [3.8, 4) is 0 Å². The molecule has 0 saturated heterocycles. The van der Waals surface area contributed by atoms with E-state index >= 15 is 0 Å². The van der Waals surface area contributed by atoms with Crippen molar-refractivity contribution in [1.29, 1.82) is 0 Å². The second-order valence-corrected chi connectivity index (χ2v) is 4.43. The van der Waals surface area contributed by atoms with Crippen LogP contribution in [0.1, 0.15) is 33.6 Å². The van der Waals surface area contributed by atoms with Crippen molar-refractivity contribution in [2.75, 3.05) is 6.61 Å². The SMILES string of the molecule is CCOC(=O)C(O)C1CC(C(C)C)C1. The molecule has 1 rings (SSSR count). The molecule has 1 N–H and O–H groups in total. The van der Waals surface area contributed by atoms with Gasteiger partial charge >= 0.3 is 5.97 Å². The lowest BCUT2D eigenvalue weighted by Gasteiger charge is -2.39. The molecule has 1 unspecified atom stereocenters. The number of carbonyl (C=O) groups excluding carboxylic acids is 1. The van der Waals surface area contributed by atoms with Crippen LogP contribution < -0.4 is 0 Å². The Bertz CT molecular complexity index is 195. The van der Waals surface area contributed by atoms with Gasteiger partial charge in [0.05, 0.1) is 6.61 Å². The van der Waals surface area contributed by atoms with Gasteiger partial charge < -0.3 is 9.84 Å². The van der Waals surface area contributed by atoms with Crippen molar-refractivity contribution in [3.63, 3.8) is 0 Å². The molecule has 82 valence electrons. The maximum Gasteiger partial charge on any atom is 0.335 e. The molecule has 0 bridgehead atoms. The monoisotopic (exact) mass is 200 g/mol. The van der Waals surface area contributed by atoms with Crippen LogP contribution in [-0.4, -0.2) is 23.8 Å². The van der Waals surface area contributed by atoms with Crippen molar-refractivity contribution in [2.45, 2.75) is 39.7 Å². The third kappa shape index (κ3) is 2.47. The van der Waals surface area contributed by atoms with Crippen LogP contribution in [0.5, 0.6) is 0 Å². The molecule has 0 radical (unpaired) electrons. The summed E-state index contributed by atoms with van der Waals surface area (Å²) in [6.07, 6.45) is 1.01. The number of esters is 1. The molecule has 3 heteroatoms. The Kier molecular flexibility index (Phi) is 3.93. The summed E-state index contributed by atoms with van der Waals surface area (Å²) in [7, 11) is 0. The van der Waals surface area contributed by atoms with E-state index in [-0.39, 0.29) is 5.92 Å². The number of hydrogen-bond acceptors (Lipinski definition) is 3. The maximum atomic E-state index is 11.2. The summed E-state index contributed by atoms with van der Waals surface area (Å²) < 4.78 is 4.77. The Morgan fingerprint density at radius 3 is 2.43 bits per heavy atom. The van der Waals surface area contributed by atoms with Gasteiger partial charge in [-0.05, 0) is 37.5 Å². The van der Waals surface area contributed by atoms with E-state index in [0.717, 1.165) is 12.8 Å². The fourth-order valence-electron chi connectivity index (χ4n) is 1.93. The van der Waals surface area contributed by atoms with E-state index in [2.05, 4.69) is 13.8 Å². The lowest BCUT2D eigenvalue weighted by atomic mass is 9.67. The van der Waals surface area contributed by atoms with Gasteiger partial charge in [-0.3, -0.25) is 0 Å². The van der Waals surface area contributed by atoms with Crippen molar-refractivity contribution < 1.29 is 14.6 Å². The van der Waals surface area contributed by atoms with Crippen molar-refractivity contribution in [2.24, 2.45) is 17.8 Å². The summed E-state index contributed by atoms with van der Waals surface area (Å²) in [5.74, 6) is 0.992. The summed E-state index contributed by atoms with van der Waals surface area (Å²) in [5.41, 5.74) is 0. The van der Waals surface area contributed by atoms with Gasteiger partial charge in [0.15, 0.2) is 6.10 Å². The molecule has 1 atom stereocenters. The predicted molar refractivity (Wildman–Crippen MR) is 53.7 cm³/mol. The standard InChI is InChI=1S/C11H20O3/c1-4-14-11(13)10(12)9-5-8(6-9)7(2)3/h7-10,12H,4-6H2,1-3H3. The highest BCUT2D eigenvalue weighted by molar-refractivity contribution is 5.74. The van der Waals surface area contributed by atoms with Crippen LogP contribution in [0.3, 0.4) is 0 Å². The van der Waals surface area contributed by atoms with E-state index in [1.54, 1.807) is 6.92 Å². The fraction of sp³-hybridized carbons (Fsp3) is 0.909. The highest BCUT2D eigenvalue weighted by Crippen LogP contribution is 2.40. The van der Waals surface area contributed by atoms with E-state index in [0.29, 0.717) is 18.4 Å². The first-order valence-electron chi connectivity index (χ1n) is 5.41. The van der Waals surface area contributed by atoms with E-state index in [1.807, 2.05) is 0 Å². The van der Waals surface area contributed by atoms with Gasteiger partial charge in [0.1, 0.15) is 0 Å². The van der Waals surface area contributed by atoms with Crippen LogP contribution >= 0.6 is 0 Å². The lowest BCUT2D eigenvalue weighted by Crippen LogP contribution is -2.41. The fourth-order valence-corrected chi connectivity index (χ4v) is 1.93. The van der Waals surface area contributed by atoms with Crippen LogP contribution in [0.4, 0.5) is 0 Å². The van der Waals surface area contributed by atoms with Crippen LogP contribution in [0.2, 0.25) is 0 Å². The summed E-state index contributed by atoms with van der Waals surface area (Å²) in [6, 6.07) is 0. The quantitative estimate of drug-likeness (QED) is 0.701. The first-order valence-corrected chi connectivity index (χ1v) is 5.41. The van der Waals surface area contributed by atoms with E-state index in [9.17, 15) is 9.90 Å². The average Bonchev–Trinajstić information content (AvgIpc) is 2.00. The van der Waals surface area contributed by atoms with Crippen molar-refractivity contribution >= 4 is 5.97 Å². The zero-order chi connectivity index (χ0) is 10.7. The summed E-state index contributed by atoms with van der Waals surface area (Å²) in [5, 5.41) is 9.59. The summed E-state index contributed by atoms with van der Waals surface area (Å²) in [4.78, 5) is 11.2. The smallest absolute Gasteiger partial charge is 0.335 e. The second kappa shape index (κ2) is 4.78. The van der Waals surface area contributed by atoms with Gasteiger partial charge in [-0.15, -0.1) is 0 Å². The lowest BCUT2D eigenvalue weighted by molar-refractivity contribution is -0.159. The average molecular weight is 200 g/mol. The Hall–Kier alpha value is -0.570. The first kappa shape index (κ1) is 11.5. The van der Waals surface area contributed by atoms with Gasteiger partial charge in [-0.1, -0.05) is 13.8 Å².